The summed E-state index contributed by atoms with van der Waals surface area (Å²) in [7, 11) is 0. The molecule has 0 radical (unpaired) electrons. The third kappa shape index (κ3) is 1.95. The molecule has 0 aromatic carbocycles. The molecule has 3 heterocycles. The zero-order valence-corrected chi connectivity index (χ0v) is 10.1. The van der Waals surface area contributed by atoms with Crippen LogP contribution in [0.1, 0.15) is 24.6 Å². The van der Waals surface area contributed by atoms with E-state index in [1.54, 1.807) is 6.33 Å². The average Bonchev–Trinajstić information content (AvgIpc) is 2.98. The van der Waals surface area contributed by atoms with Crippen LogP contribution in [-0.2, 0) is 0 Å². The second-order valence-corrected chi connectivity index (χ2v) is 4.95. The summed E-state index contributed by atoms with van der Waals surface area (Å²) in [6, 6.07) is 0.314. The molecule has 2 aromatic heterocycles. The second kappa shape index (κ2) is 4.29. The van der Waals surface area contributed by atoms with E-state index in [2.05, 4.69) is 19.9 Å². The van der Waals surface area contributed by atoms with Gasteiger partial charge in [0.15, 0.2) is 5.13 Å². The Balaban J connectivity index is 1.90. The molecule has 2 aromatic rings. The molecule has 17 heavy (non-hydrogen) atoms. The first-order valence-electron chi connectivity index (χ1n) is 5.57. The normalized spacial score (nSPS) is 19.8. The smallest absolute Gasteiger partial charge is 0.180 e. The molecule has 1 aliphatic rings. The molecule has 0 aliphatic carbocycles. The molecular formula is C11H13N5S. The molecule has 0 unspecified atom stereocenters. The van der Waals surface area contributed by atoms with Gasteiger partial charge >= 0.3 is 0 Å². The molecule has 2 N–H and O–H groups in total. The van der Waals surface area contributed by atoms with Gasteiger partial charge in [0.2, 0.25) is 0 Å². The predicted octanol–water partition coefficient (Wildman–Crippen LogP) is 1.86. The highest BCUT2D eigenvalue weighted by Gasteiger charge is 2.28. The minimum Gasteiger partial charge on any atom is -0.375 e. The summed E-state index contributed by atoms with van der Waals surface area (Å²) in [5.74, 6) is 0. The van der Waals surface area contributed by atoms with E-state index in [0.29, 0.717) is 11.2 Å². The van der Waals surface area contributed by atoms with E-state index >= 15 is 0 Å². The Labute approximate surface area is 103 Å². The molecule has 0 saturated carbocycles. The Hall–Kier alpha value is -1.69. The fraction of sp³-hybridized carbons (Fsp3) is 0.364. The lowest BCUT2D eigenvalue weighted by Crippen LogP contribution is -2.23. The van der Waals surface area contributed by atoms with Crippen molar-refractivity contribution < 1.29 is 0 Å². The number of nitrogens with zero attached hydrogens (tertiary/aromatic N) is 4. The Morgan fingerprint density at radius 3 is 2.88 bits per heavy atom. The van der Waals surface area contributed by atoms with E-state index in [0.717, 1.165) is 30.8 Å². The van der Waals surface area contributed by atoms with E-state index in [1.807, 2.05) is 17.8 Å². The summed E-state index contributed by atoms with van der Waals surface area (Å²) in [5, 5.41) is 2.68. The Morgan fingerprint density at radius 2 is 2.18 bits per heavy atom. The van der Waals surface area contributed by atoms with Crippen molar-refractivity contribution in [2.75, 3.05) is 17.2 Å². The van der Waals surface area contributed by atoms with E-state index in [4.69, 9.17) is 5.73 Å². The largest absolute Gasteiger partial charge is 0.375 e. The number of hydrogen-bond acceptors (Lipinski definition) is 6. The SMILES string of the molecule is Nc1nc([C@H]2CCCN2c2cncnc2)cs1. The van der Waals surface area contributed by atoms with Gasteiger partial charge in [-0.25, -0.2) is 15.0 Å². The van der Waals surface area contributed by atoms with E-state index in [9.17, 15) is 0 Å². The van der Waals surface area contributed by atoms with Gasteiger partial charge in [-0.15, -0.1) is 11.3 Å². The maximum absolute atomic E-state index is 5.69. The highest BCUT2D eigenvalue weighted by Crippen LogP contribution is 2.35. The van der Waals surface area contributed by atoms with Crippen molar-refractivity contribution in [3.8, 4) is 0 Å². The van der Waals surface area contributed by atoms with E-state index in [1.165, 1.54) is 11.3 Å². The zero-order chi connectivity index (χ0) is 11.7. The van der Waals surface area contributed by atoms with E-state index in [-0.39, 0.29) is 0 Å². The number of thiazole rings is 1. The number of hydrogen-bond donors (Lipinski definition) is 1. The maximum atomic E-state index is 5.69. The van der Waals surface area contributed by atoms with Gasteiger partial charge in [0, 0.05) is 11.9 Å². The molecular weight excluding hydrogens is 234 g/mol. The van der Waals surface area contributed by atoms with Gasteiger partial charge in [0.25, 0.3) is 0 Å². The molecule has 0 bridgehead atoms. The van der Waals surface area contributed by atoms with Crippen molar-refractivity contribution in [2.45, 2.75) is 18.9 Å². The second-order valence-electron chi connectivity index (χ2n) is 4.06. The third-order valence-corrected chi connectivity index (χ3v) is 3.70. The lowest BCUT2D eigenvalue weighted by Gasteiger charge is -2.24. The van der Waals surface area contributed by atoms with Gasteiger partial charge in [0.1, 0.15) is 6.33 Å². The lowest BCUT2D eigenvalue weighted by atomic mass is 10.1. The Morgan fingerprint density at radius 1 is 1.35 bits per heavy atom. The fourth-order valence-electron chi connectivity index (χ4n) is 2.28. The summed E-state index contributed by atoms with van der Waals surface area (Å²) >= 11 is 1.50. The average molecular weight is 247 g/mol. The number of rotatable bonds is 2. The molecule has 6 heteroatoms. The van der Waals surface area contributed by atoms with E-state index < -0.39 is 0 Å². The first kappa shape index (κ1) is 10.5. The molecule has 1 fully saturated rings. The quantitative estimate of drug-likeness (QED) is 0.877. The molecule has 5 nitrogen and oxygen atoms in total. The zero-order valence-electron chi connectivity index (χ0n) is 9.28. The van der Waals surface area contributed by atoms with Gasteiger partial charge < -0.3 is 10.6 Å². The molecule has 0 amide bonds. The van der Waals surface area contributed by atoms with Crippen LogP contribution in [0.3, 0.4) is 0 Å². The van der Waals surface area contributed by atoms with Crippen LogP contribution in [0.5, 0.6) is 0 Å². The van der Waals surface area contributed by atoms with Crippen molar-refractivity contribution >= 4 is 22.2 Å². The monoisotopic (exact) mass is 247 g/mol. The predicted molar refractivity (Wildman–Crippen MR) is 67.9 cm³/mol. The van der Waals surface area contributed by atoms with Crippen molar-refractivity contribution in [1.29, 1.82) is 0 Å². The van der Waals surface area contributed by atoms with Crippen LogP contribution in [0.4, 0.5) is 10.8 Å². The topological polar surface area (TPSA) is 67.9 Å². The van der Waals surface area contributed by atoms with Gasteiger partial charge in [-0.1, -0.05) is 0 Å². The minimum atomic E-state index is 0.314. The van der Waals surface area contributed by atoms with Crippen molar-refractivity contribution in [2.24, 2.45) is 0 Å². The number of nitrogen functional groups attached to an aromatic ring is 1. The standard InChI is InChI=1S/C11H13N5S/c12-11-15-9(6-17-11)10-2-1-3-16(10)8-4-13-7-14-5-8/h4-7,10H,1-3H2,(H2,12,15)/t10-/m1/s1. The number of aromatic nitrogens is 3. The van der Waals surface area contributed by atoms with Crippen molar-refractivity contribution in [3.63, 3.8) is 0 Å². The molecule has 1 saturated heterocycles. The summed E-state index contributed by atoms with van der Waals surface area (Å²) < 4.78 is 0. The molecule has 1 aliphatic heterocycles. The molecule has 0 spiro atoms. The van der Waals surface area contributed by atoms with Crippen LogP contribution in [0.2, 0.25) is 0 Å². The summed E-state index contributed by atoms with van der Waals surface area (Å²) in [6.07, 6.45) is 7.52. The van der Waals surface area contributed by atoms with Crippen LogP contribution >= 0.6 is 11.3 Å². The highest BCUT2D eigenvalue weighted by atomic mass is 32.1. The van der Waals surface area contributed by atoms with Crippen LogP contribution < -0.4 is 10.6 Å². The molecule has 88 valence electrons. The van der Waals surface area contributed by atoms with Gasteiger partial charge in [-0.05, 0) is 12.8 Å². The van der Waals surface area contributed by atoms with Gasteiger partial charge in [-0.2, -0.15) is 0 Å². The minimum absolute atomic E-state index is 0.314. The van der Waals surface area contributed by atoms with Gasteiger partial charge in [-0.3, -0.25) is 0 Å². The highest BCUT2D eigenvalue weighted by molar-refractivity contribution is 7.13. The first-order chi connectivity index (χ1) is 8.34. The Bertz CT molecular complexity index is 498. The van der Waals surface area contributed by atoms with Crippen molar-refractivity contribution in [3.05, 3.63) is 29.8 Å². The third-order valence-electron chi connectivity index (χ3n) is 3.01. The summed E-state index contributed by atoms with van der Waals surface area (Å²) in [6.45, 7) is 1.02. The van der Waals surface area contributed by atoms with Crippen LogP contribution in [0.15, 0.2) is 24.1 Å². The summed E-state index contributed by atoms with van der Waals surface area (Å²) in [4.78, 5) is 14.8. The lowest BCUT2D eigenvalue weighted by molar-refractivity contribution is 0.698. The van der Waals surface area contributed by atoms with Gasteiger partial charge in [0.05, 0.1) is 29.8 Å². The summed E-state index contributed by atoms with van der Waals surface area (Å²) in [5.41, 5.74) is 7.82. The van der Waals surface area contributed by atoms with Crippen LogP contribution in [-0.4, -0.2) is 21.5 Å². The number of nitrogens with two attached hydrogens (primary N) is 1. The van der Waals surface area contributed by atoms with Crippen LogP contribution in [0.25, 0.3) is 0 Å². The van der Waals surface area contributed by atoms with Crippen molar-refractivity contribution in [1.82, 2.24) is 15.0 Å². The molecule has 3 rings (SSSR count). The molecule has 1 atom stereocenters. The van der Waals surface area contributed by atoms with Crippen LogP contribution in [0, 0.1) is 0 Å². The maximum Gasteiger partial charge on any atom is 0.180 e. The number of anilines is 2. The Kier molecular flexibility index (Phi) is 2.64. The fourth-order valence-corrected chi connectivity index (χ4v) is 2.89. The first-order valence-corrected chi connectivity index (χ1v) is 6.45.